The van der Waals surface area contributed by atoms with Crippen molar-refractivity contribution in [1.82, 2.24) is 30.2 Å². The van der Waals surface area contributed by atoms with Crippen molar-refractivity contribution in [3.63, 3.8) is 0 Å². The highest BCUT2D eigenvalue weighted by atomic mass is 16.1. The fraction of sp³-hybridized carbons (Fsp3) is 0.286. The van der Waals surface area contributed by atoms with Gasteiger partial charge in [0.25, 0.3) is 0 Å². The largest absolute Gasteiger partial charge is 0.283 e. The van der Waals surface area contributed by atoms with E-state index in [-0.39, 0.29) is 11.6 Å². The van der Waals surface area contributed by atoms with Crippen LogP contribution in [0.1, 0.15) is 23.2 Å². The third kappa shape index (κ3) is 1.28. The number of hydrogen-bond donors (Lipinski definition) is 1. The van der Waals surface area contributed by atoms with Gasteiger partial charge in [-0.3, -0.25) is 9.89 Å². The fourth-order valence-electron chi connectivity index (χ4n) is 1.10. The number of ketones is 1. The zero-order valence-electron chi connectivity index (χ0n) is 7.51. The maximum Gasteiger partial charge on any atom is 0.249 e. The van der Waals surface area contributed by atoms with E-state index in [0.29, 0.717) is 12.2 Å². The molecule has 1 N–H and O–H groups in total. The van der Waals surface area contributed by atoms with Crippen LogP contribution in [0.15, 0.2) is 12.5 Å². The van der Waals surface area contributed by atoms with E-state index in [1.165, 1.54) is 17.2 Å². The van der Waals surface area contributed by atoms with Crippen LogP contribution in [0.3, 0.4) is 0 Å². The van der Waals surface area contributed by atoms with Gasteiger partial charge in [-0.25, -0.2) is 9.67 Å². The van der Waals surface area contributed by atoms with E-state index < -0.39 is 0 Å². The minimum Gasteiger partial charge on any atom is -0.283 e. The number of hydrogen-bond acceptors (Lipinski definition) is 5. The molecule has 0 bridgehead atoms. The van der Waals surface area contributed by atoms with Crippen molar-refractivity contribution in [2.45, 2.75) is 13.5 Å². The molecule has 0 aromatic carbocycles. The molecule has 0 aliphatic heterocycles. The van der Waals surface area contributed by atoms with Gasteiger partial charge in [-0.15, -0.1) is 5.10 Å². The van der Waals surface area contributed by atoms with Crippen LogP contribution in [-0.2, 0) is 6.54 Å². The average molecular weight is 192 g/mol. The van der Waals surface area contributed by atoms with Gasteiger partial charge >= 0.3 is 0 Å². The Balaban J connectivity index is 2.36. The Kier molecular flexibility index (Phi) is 2.05. The summed E-state index contributed by atoms with van der Waals surface area (Å²) in [6.07, 6.45) is 2.70. The minimum atomic E-state index is -0.255. The smallest absolute Gasteiger partial charge is 0.249 e. The second kappa shape index (κ2) is 3.36. The van der Waals surface area contributed by atoms with Crippen LogP contribution in [0.4, 0.5) is 0 Å². The first-order chi connectivity index (χ1) is 6.83. The molecule has 0 saturated carbocycles. The van der Waals surface area contributed by atoms with Gasteiger partial charge in [0.2, 0.25) is 5.78 Å². The van der Waals surface area contributed by atoms with Gasteiger partial charge in [-0.05, 0) is 6.92 Å². The Bertz CT molecular complexity index is 431. The molecule has 2 aromatic rings. The Morgan fingerprint density at radius 3 is 3.14 bits per heavy atom. The number of nitrogens with one attached hydrogen (secondary N) is 1. The van der Waals surface area contributed by atoms with E-state index in [1.54, 1.807) is 0 Å². The molecular weight excluding hydrogens is 184 g/mol. The lowest BCUT2D eigenvalue weighted by Gasteiger charge is -1.98. The molecule has 0 aliphatic rings. The lowest BCUT2D eigenvalue weighted by atomic mass is 10.3. The molecule has 0 atom stereocenters. The number of aromatic nitrogens is 6. The molecule has 14 heavy (non-hydrogen) atoms. The molecular formula is C7H8N6O. The van der Waals surface area contributed by atoms with E-state index in [4.69, 9.17) is 0 Å². The van der Waals surface area contributed by atoms with Crippen molar-refractivity contribution in [3.05, 3.63) is 24.0 Å². The molecule has 0 amide bonds. The topological polar surface area (TPSA) is 89.3 Å². The minimum absolute atomic E-state index is 0.196. The first-order valence-corrected chi connectivity index (χ1v) is 4.11. The number of rotatable bonds is 3. The molecule has 7 heteroatoms. The van der Waals surface area contributed by atoms with Gasteiger partial charge in [0.15, 0.2) is 5.82 Å². The number of aromatic amines is 1. The molecule has 2 rings (SSSR count). The summed E-state index contributed by atoms with van der Waals surface area (Å²) in [6, 6.07) is 0. The van der Waals surface area contributed by atoms with Crippen LogP contribution < -0.4 is 0 Å². The van der Waals surface area contributed by atoms with Crippen LogP contribution in [0, 0.1) is 0 Å². The highest BCUT2D eigenvalue weighted by Gasteiger charge is 2.16. The lowest BCUT2D eigenvalue weighted by molar-refractivity contribution is 0.102. The number of carbonyl (C=O) groups excluding carboxylic acids is 1. The standard InChI is InChI=1S/C7H8N6O/c1-2-13-5(3-9-12-13)6(14)7-8-4-10-11-7/h3-4H,2H2,1H3,(H,8,10,11). The lowest BCUT2D eigenvalue weighted by Crippen LogP contribution is -2.11. The number of H-pyrrole nitrogens is 1. The molecule has 2 aromatic heterocycles. The molecule has 2 heterocycles. The molecule has 0 spiro atoms. The maximum atomic E-state index is 11.7. The Labute approximate surface area is 79.2 Å². The summed E-state index contributed by atoms with van der Waals surface area (Å²) in [5.41, 5.74) is 0.407. The van der Waals surface area contributed by atoms with E-state index in [9.17, 15) is 4.79 Å². The normalized spacial score (nSPS) is 10.4. The highest BCUT2D eigenvalue weighted by molar-refractivity contribution is 6.04. The monoisotopic (exact) mass is 192 g/mol. The van der Waals surface area contributed by atoms with Gasteiger partial charge in [0, 0.05) is 6.54 Å². The van der Waals surface area contributed by atoms with Crippen LogP contribution in [0.2, 0.25) is 0 Å². The van der Waals surface area contributed by atoms with Crippen molar-refractivity contribution >= 4 is 5.78 Å². The van der Waals surface area contributed by atoms with E-state index >= 15 is 0 Å². The summed E-state index contributed by atoms with van der Waals surface area (Å²) >= 11 is 0. The van der Waals surface area contributed by atoms with Crippen LogP contribution in [0.25, 0.3) is 0 Å². The van der Waals surface area contributed by atoms with E-state index in [0.717, 1.165) is 0 Å². The average Bonchev–Trinajstić information content (AvgIpc) is 2.87. The summed E-state index contributed by atoms with van der Waals surface area (Å²) in [7, 11) is 0. The molecule has 0 saturated heterocycles. The quantitative estimate of drug-likeness (QED) is 0.671. The summed E-state index contributed by atoms with van der Waals surface area (Å²) in [5, 5.41) is 13.5. The van der Waals surface area contributed by atoms with Crippen LogP contribution in [0.5, 0.6) is 0 Å². The van der Waals surface area contributed by atoms with Crippen molar-refractivity contribution in [2.75, 3.05) is 0 Å². The Morgan fingerprint density at radius 2 is 2.50 bits per heavy atom. The first-order valence-electron chi connectivity index (χ1n) is 4.11. The fourth-order valence-corrected chi connectivity index (χ4v) is 1.10. The summed E-state index contributed by atoms with van der Waals surface area (Å²) in [5.74, 6) is -0.0589. The third-order valence-electron chi connectivity index (χ3n) is 1.78. The summed E-state index contributed by atoms with van der Waals surface area (Å²) < 4.78 is 1.50. The van der Waals surface area contributed by atoms with Crippen molar-refractivity contribution in [3.8, 4) is 0 Å². The molecule has 0 unspecified atom stereocenters. The number of carbonyl (C=O) groups is 1. The van der Waals surface area contributed by atoms with Gasteiger partial charge in [0.05, 0.1) is 6.20 Å². The number of nitrogens with zero attached hydrogens (tertiary/aromatic N) is 5. The van der Waals surface area contributed by atoms with Crippen LogP contribution in [-0.4, -0.2) is 36.0 Å². The van der Waals surface area contributed by atoms with Gasteiger partial charge < -0.3 is 0 Å². The zero-order chi connectivity index (χ0) is 9.97. The molecule has 0 radical (unpaired) electrons. The molecule has 72 valence electrons. The summed E-state index contributed by atoms with van der Waals surface area (Å²) in [4.78, 5) is 15.5. The molecule has 7 nitrogen and oxygen atoms in total. The van der Waals surface area contributed by atoms with Gasteiger partial charge in [-0.2, -0.15) is 5.10 Å². The predicted molar refractivity (Wildman–Crippen MR) is 45.5 cm³/mol. The number of aryl methyl sites for hydroxylation is 1. The maximum absolute atomic E-state index is 11.7. The van der Waals surface area contributed by atoms with E-state index in [1.807, 2.05) is 6.92 Å². The Hall–Kier alpha value is -2.05. The highest BCUT2D eigenvalue weighted by Crippen LogP contribution is 2.02. The summed E-state index contributed by atoms with van der Waals surface area (Å²) in [6.45, 7) is 2.47. The SMILES string of the molecule is CCn1nncc1C(=O)c1ncn[nH]1. The second-order valence-electron chi connectivity index (χ2n) is 2.60. The van der Waals surface area contributed by atoms with Crippen molar-refractivity contribution < 1.29 is 4.79 Å². The zero-order valence-corrected chi connectivity index (χ0v) is 7.51. The van der Waals surface area contributed by atoms with E-state index in [2.05, 4.69) is 25.5 Å². The Morgan fingerprint density at radius 1 is 1.64 bits per heavy atom. The van der Waals surface area contributed by atoms with Gasteiger partial charge in [-0.1, -0.05) is 5.21 Å². The van der Waals surface area contributed by atoms with Crippen molar-refractivity contribution in [1.29, 1.82) is 0 Å². The van der Waals surface area contributed by atoms with Gasteiger partial charge in [0.1, 0.15) is 12.0 Å². The third-order valence-corrected chi connectivity index (χ3v) is 1.78. The second-order valence-corrected chi connectivity index (χ2v) is 2.60. The van der Waals surface area contributed by atoms with Crippen LogP contribution >= 0.6 is 0 Å². The molecule has 0 fully saturated rings. The molecule has 0 aliphatic carbocycles. The van der Waals surface area contributed by atoms with Crippen molar-refractivity contribution in [2.24, 2.45) is 0 Å². The predicted octanol–water partition coefficient (Wildman–Crippen LogP) is -0.353. The first kappa shape index (κ1) is 8.54.